The number of hydrogen-bond donors (Lipinski definition) is 2. The highest BCUT2D eigenvalue weighted by atomic mass is 79.9. The fourth-order valence-electron chi connectivity index (χ4n) is 4.02. The first kappa shape index (κ1) is 26.8. The molecule has 1 fully saturated rings. The summed E-state index contributed by atoms with van der Waals surface area (Å²) in [5.74, 6) is 1.91. The molecule has 2 N–H and O–H groups in total. The van der Waals surface area contributed by atoms with Gasteiger partial charge in [0.1, 0.15) is 21.3 Å². The summed E-state index contributed by atoms with van der Waals surface area (Å²) in [7, 11) is 0. The highest BCUT2D eigenvalue weighted by Crippen LogP contribution is 2.37. The summed E-state index contributed by atoms with van der Waals surface area (Å²) in [6.45, 7) is 10.5. The first-order valence-corrected chi connectivity index (χ1v) is 13.3. The van der Waals surface area contributed by atoms with Gasteiger partial charge in [0.15, 0.2) is 0 Å². The van der Waals surface area contributed by atoms with Crippen LogP contribution in [0.3, 0.4) is 0 Å². The monoisotopic (exact) mass is 555 g/mol. The van der Waals surface area contributed by atoms with E-state index < -0.39 is 0 Å². The Morgan fingerprint density at radius 2 is 2.09 bits per heavy atom. The molecule has 7 nitrogen and oxygen atoms in total. The summed E-state index contributed by atoms with van der Waals surface area (Å²) >= 11 is 4.68. The van der Waals surface area contributed by atoms with E-state index in [9.17, 15) is 4.79 Å². The molecule has 1 amide bonds. The predicted octanol–water partition coefficient (Wildman–Crippen LogP) is 5.21. The molecule has 1 atom stereocenters. The van der Waals surface area contributed by atoms with Crippen LogP contribution in [0.2, 0.25) is 0 Å². The third-order valence-corrected chi connectivity index (χ3v) is 6.62. The molecule has 0 radical (unpaired) electrons. The minimum Gasteiger partial charge on any atom is -0.370 e. The summed E-state index contributed by atoms with van der Waals surface area (Å²) in [5, 5.41) is 4.00. The second-order valence-electron chi connectivity index (χ2n) is 9.02. The molecule has 3 aromatic heterocycles. The number of aromatic nitrogens is 3. The lowest BCUT2D eigenvalue weighted by atomic mass is 9.97. The van der Waals surface area contributed by atoms with Crippen LogP contribution in [-0.4, -0.2) is 34.5 Å². The van der Waals surface area contributed by atoms with E-state index >= 15 is 0 Å². The number of amides is 1. The summed E-state index contributed by atoms with van der Waals surface area (Å²) in [4.78, 5) is 28.1. The van der Waals surface area contributed by atoms with Crippen molar-refractivity contribution in [1.82, 2.24) is 14.7 Å². The zero-order valence-corrected chi connectivity index (χ0v) is 23.0. The molecule has 4 heterocycles. The van der Waals surface area contributed by atoms with Gasteiger partial charge in [-0.15, -0.1) is 0 Å². The highest BCUT2D eigenvalue weighted by Gasteiger charge is 2.38. The van der Waals surface area contributed by atoms with Crippen molar-refractivity contribution in [3.63, 3.8) is 0 Å². The van der Waals surface area contributed by atoms with E-state index in [0.717, 1.165) is 47.2 Å². The van der Waals surface area contributed by atoms with Crippen molar-refractivity contribution in [3.05, 3.63) is 71.1 Å². The molecule has 0 aliphatic carbocycles. The molecule has 1 unspecified atom stereocenters. The van der Waals surface area contributed by atoms with E-state index in [0.29, 0.717) is 11.5 Å². The predicted molar refractivity (Wildman–Crippen MR) is 144 cm³/mol. The van der Waals surface area contributed by atoms with Gasteiger partial charge >= 0.3 is 12.4 Å². The average molecular weight is 557 g/mol. The van der Waals surface area contributed by atoms with Crippen LogP contribution < -0.4 is 19.9 Å². The zero-order valence-electron chi connectivity index (χ0n) is 20.6. The van der Waals surface area contributed by atoms with E-state index in [-0.39, 0.29) is 11.4 Å². The number of nitrogens with one attached hydrogen (secondary N) is 2. The van der Waals surface area contributed by atoms with Gasteiger partial charge in [0, 0.05) is 36.6 Å². The van der Waals surface area contributed by atoms with Crippen LogP contribution in [0.4, 0.5) is 11.6 Å². The Morgan fingerprint density at radius 1 is 1.26 bits per heavy atom. The van der Waals surface area contributed by atoms with E-state index in [4.69, 9.17) is 0 Å². The number of halogens is 1. The number of carbonyl (C=O) groups excluding carboxylic acids is 1. The smallest absolute Gasteiger partial charge is 0.311 e. The lowest BCUT2D eigenvalue weighted by Crippen LogP contribution is -2.40. The molecule has 1 aliphatic heterocycles. The lowest BCUT2D eigenvalue weighted by Gasteiger charge is -2.33. The topological polar surface area (TPSA) is 84.2 Å². The summed E-state index contributed by atoms with van der Waals surface area (Å²) in [5.41, 5.74) is 0.527. The molecule has 0 spiro atoms. The molecular weight excluding hydrogens is 524 g/mol. The van der Waals surface area contributed by atoms with Crippen LogP contribution in [0.25, 0.3) is 0 Å². The molecule has 1 aliphatic rings. The summed E-state index contributed by atoms with van der Waals surface area (Å²) in [6, 6.07) is 14.9. The van der Waals surface area contributed by atoms with Crippen LogP contribution >= 0.6 is 27.9 Å². The van der Waals surface area contributed by atoms with E-state index in [1.165, 1.54) is 11.9 Å². The van der Waals surface area contributed by atoms with Gasteiger partial charge in [-0.1, -0.05) is 19.9 Å². The summed E-state index contributed by atoms with van der Waals surface area (Å²) < 4.78 is 3.65. The van der Waals surface area contributed by atoms with Crippen LogP contribution in [0.15, 0.2) is 64.4 Å². The van der Waals surface area contributed by atoms with Gasteiger partial charge in [0.25, 0.3) is 5.91 Å². The molecular formula is C26H32BrN6OS+. The van der Waals surface area contributed by atoms with Crippen molar-refractivity contribution >= 4 is 45.4 Å². The maximum atomic E-state index is 13.0. The number of hydrogen-bond acceptors (Lipinski definition) is 6. The first-order valence-electron chi connectivity index (χ1n) is 11.7. The van der Waals surface area contributed by atoms with Gasteiger partial charge in [0.2, 0.25) is 0 Å². The maximum Gasteiger partial charge on any atom is 0.311 e. The minimum absolute atomic E-state index is 0.0454. The molecule has 184 valence electrons. The maximum absolute atomic E-state index is 13.0. The van der Waals surface area contributed by atoms with Crippen LogP contribution in [-0.2, 0) is 0 Å². The number of pyridine rings is 2. The van der Waals surface area contributed by atoms with Gasteiger partial charge in [0.05, 0.1) is 11.6 Å². The minimum atomic E-state index is -0.172. The molecule has 4 rings (SSSR count). The van der Waals surface area contributed by atoms with Crippen molar-refractivity contribution in [1.29, 1.82) is 0 Å². The molecule has 1 saturated heterocycles. The second kappa shape index (κ2) is 12.8. The van der Waals surface area contributed by atoms with Crippen LogP contribution in [0.1, 0.15) is 50.9 Å². The van der Waals surface area contributed by atoms with Crippen molar-refractivity contribution in [2.24, 2.45) is 5.92 Å². The van der Waals surface area contributed by atoms with Crippen molar-refractivity contribution in [3.8, 4) is 0 Å². The average Bonchev–Trinajstić information content (AvgIpc) is 3.14. The van der Waals surface area contributed by atoms with E-state index in [2.05, 4.69) is 79.7 Å². The van der Waals surface area contributed by atoms with Gasteiger partial charge < -0.3 is 10.2 Å². The fourth-order valence-corrected chi connectivity index (χ4v) is 4.92. The van der Waals surface area contributed by atoms with Gasteiger partial charge in [-0.3, -0.25) is 9.52 Å². The summed E-state index contributed by atoms with van der Waals surface area (Å²) in [6.07, 6.45) is 6.43. The molecule has 9 heteroatoms. The normalized spacial score (nSPS) is 16.0. The lowest BCUT2D eigenvalue weighted by molar-refractivity contribution is -0.294. The largest absolute Gasteiger partial charge is 0.370 e. The molecule has 0 aromatic carbocycles. The fraction of sp³-hybridized carbons (Fsp3) is 0.385. The van der Waals surface area contributed by atoms with Crippen LogP contribution in [0, 0.1) is 12.1 Å². The Balaban J connectivity index is 0.000000497. The van der Waals surface area contributed by atoms with E-state index in [1.807, 2.05) is 42.5 Å². The number of nitrogens with zero attached hydrogens (tertiary/aromatic N) is 4. The quantitative estimate of drug-likeness (QED) is 0.305. The number of anilines is 2. The highest BCUT2D eigenvalue weighted by molar-refractivity contribution is 9.10. The SMILES string of the molecule is CCCNc1cccc(SNC(=O)c2ccc(Br)nc2N2CC(C)CC2(C)C)n1.c1cccc[n+]#1. The Labute approximate surface area is 220 Å². The molecule has 3 aromatic rings. The van der Waals surface area contributed by atoms with Gasteiger partial charge in [-0.25, -0.2) is 9.97 Å². The molecule has 0 saturated carbocycles. The Morgan fingerprint density at radius 3 is 2.69 bits per heavy atom. The zero-order chi connectivity index (χ0) is 25.3. The Hall–Kier alpha value is -2.83. The van der Waals surface area contributed by atoms with Crippen molar-refractivity contribution in [2.45, 2.75) is 51.1 Å². The Kier molecular flexibility index (Phi) is 9.75. The second-order valence-corrected chi connectivity index (χ2v) is 10.7. The first-order chi connectivity index (χ1) is 16.8. The Bertz CT molecular complexity index is 1070. The standard InChI is InChI=1S/C21H28BrN5OS.C5H4N/c1-5-11-23-17-7-6-8-18(25-17)29-26-20(28)15-9-10-16(22)24-19(15)27-13-14(2)12-21(27,3)4;1-2-4-6-5-3-1/h6-10,14H,5,11-13H2,1-4H3,(H,23,25)(H,26,28);1-4H/q;+1. The van der Waals surface area contributed by atoms with E-state index in [1.54, 1.807) is 12.3 Å². The molecule has 35 heavy (non-hydrogen) atoms. The number of rotatable bonds is 7. The van der Waals surface area contributed by atoms with Crippen molar-refractivity contribution < 1.29 is 9.78 Å². The van der Waals surface area contributed by atoms with Gasteiger partial charge in [-0.2, -0.15) is 0 Å². The molecule has 0 bridgehead atoms. The van der Waals surface area contributed by atoms with Crippen LogP contribution in [0.5, 0.6) is 0 Å². The van der Waals surface area contributed by atoms with Gasteiger partial charge in [-0.05, 0) is 83.9 Å². The third kappa shape index (κ3) is 7.84. The third-order valence-electron chi connectivity index (χ3n) is 5.46. The number of carbonyl (C=O) groups is 1. The van der Waals surface area contributed by atoms with Crippen molar-refractivity contribution in [2.75, 3.05) is 23.3 Å².